The molecule has 1 aliphatic carbocycles. The Bertz CT molecular complexity index is 356. The molecule has 0 N–H and O–H groups in total. The van der Waals surface area contributed by atoms with Gasteiger partial charge in [-0.3, -0.25) is 0 Å². The van der Waals surface area contributed by atoms with Crippen LogP contribution in [0.5, 0.6) is 0 Å². The number of benzene rings is 1. The molecule has 1 saturated carbocycles. The number of rotatable bonds is 3. The number of halogens is 1. The molecule has 1 aromatic rings. The van der Waals surface area contributed by atoms with Crippen molar-refractivity contribution in [3.05, 3.63) is 35.4 Å². The van der Waals surface area contributed by atoms with Crippen LogP contribution in [0.3, 0.4) is 0 Å². The summed E-state index contributed by atoms with van der Waals surface area (Å²) in [6, 6.07) is 8.98. The minimum absolute atomic E-state index is 0.228. The summed E-state index contributed by atoms with van der Waals surface area (Å²) in [6.07, 6.45) is 4.05. The van der Waals surface area contributed by atoms with Crippen molar-refractivity contribution in [2.75, 3.05) is 12.5 Å². The van der Waals surface area contributed by atoms with E-state index in [-0.39, 0.29) is 6.10 Å². The van der Waals surface area contributed by atoms with E-state index >= 15 is 0 Å². The first-order valence-electron chi connectivity index (χ1n) is 6.16. The van der Waals surface area contributed by atoms with Crippen LogP contribution in [0.4, 0.5) is 0 Å². The van der Waals surface area contributed by atoms with Crippen molar-refractivity contribution < 1.29 is 4.74 Å². The fraction of sp³-hybridized carbons (Fsp3) is 0.571. The lowest BCUT2D eigenvalue weighted by molar-refractivity contribution is 0.0951. The second-order valence-corrected chi connectivity index (χ2v) is 5.24. The van der Waals surface area contributed by atoms with Gasteiger partial charge in [0.2, 0.25) is 0 Å². The van der Waals surface area contributed by atoms with Crippen molar-refractivity contribution in [3.8, 4) is 0 Å². The lowest BCUT2D eigenvalue weighted by Crippen LogP contribution is -2.08. The van der Waals surface area contributed by atoms with Gasteiger partial charge in [-0.05, 0) is 36.3 Å². The Kier molecular flexibility index (Phi) is 2.91. The lowest BCUT2D eigenvalue weighted by Gasteiger charge is -2.16. The maximum absolute atomic E-state index is 5.96. The smallest absolute Gasteiger partial charge is 0.0865 e. The summed E-state index contributed by atoms with van der Waals surface area (Å²) in [5, 5.41) is 0. The van der Waals surface area contributed by atoms with E-state index < -0.39 is 0 Å². The monoisotopic (exact) mass is 236 g/mol. The molecule has 2 atom stereocenters. The van der Waals surface area contributed by atoms with Gasteiger partial charge in [-0.1, -0.05) is 24.3 Å². The Hall–Kier alpha value is -0.530. The predicted molar refractivity (Wildman–Crippen MR) is 65.9 cm³/mol. The predicted octanol–water partition coefficient (Wildman–Crippen LogP) is 3.88. The Morgan fingerprint density at radius 2 is 1.75 bits per heavy atom. The molecule has 2 fully saturated rings. The third-order valence-electron chi connectivity index (χ3n) is 3.73. The molecule has 3 rings (SSSR count). The SMILES string of the molecule is ClCC1CCOC1c1ccc(C2CC2)cc1. The minimum Gasteiger partial charge on any atom is -0.373 e. The number of hydrogen-bond donors (Lipinski definition) is 0. The molecule has 0 amide bonds. The van der Waals surface area contributed by atoms with Crippen LogP contribution < -0.4 is 0 Å². The van der Waals surface area contributed by atoms with E-state index in [9.17, 15) is 0 Å². The van der Waals surface area contributed by atoms with Crippen molar-refractivity contribution in [1.82, 2.24) is 0 Å². The number of hydrogen-bond acceptors (Lipinski definition) is 1. The van der Waals surface area contributed by atoms with Crippen molar-refractivity contribution in [3.63, 3.8) is 0 Å². The maximum Gasteiger partial charge on any atom is 0.0865 e. The van der Waals surface area contributed by atoms with E-state index in [0.717, 1.165) is 18.9 Å². The van der Waals surface area contributed by atoms with Crippen molar-refractivity contribution in [2.45, 2.75) is 31.3 Å². The second-order valence-electron chi connectivity index (χ2n) is 4.94. The van der Waals surface area contributed by atoms with E-state index in [0.29, 0.717) is 11.8 Å². The van der Waals surface area contributed by atoms with Gasteiger partial charge in [-0.2, -0.15) is 0 Å². The molecular formula is C14H17ClO. The second kappa shape index (κ2) is 4.38. The van der Waals surface area contributed by atoms with Gasteiger partial charge in [0.25, 0.3) is 0 Å². The van der Waals surface area contributed by atoms with Crippen molar-refractivity contribution in [1.29, 1.82) is 0 Å². The lowest BCUT2D eigenvalue weighted by atomic mass is 9.96. The summed E-state index contributed by atoms with van der Waals surface area (Å²) in [7, 11) is 0. The Morgan fingerprint density at radius 1 is 1.06 bits per heavy atom. The van der Waals surface area contributed by atoms with Crippen molar-refractivity contribution >= 4 is 11.6 Å². The minimum atomic E-state index is 0.228. The topological polar surface area (TPSA) is 9.23 Å². The van der Waals surface area contributed by atoms with Crippen LogP contribution >= 0.6 is 11.6 Å². The average Bonchev–Trinajstić information content (AvgIpc) is 3.07. The summed E-state index contributed by atoms with van der Waals surface area (Å²) in [5.74, 6) is 2.03. The molecule has 1 aliphatic heterocycles. The van der Waals surface area contributed by atoms with Gasteiger partial charge in [0.1, 0.15) is 0 Å². The molecule has 1 aromatic carbocycles. The number of alkyl halides is 1. The zero-order valence-electron chi connectivity index (χ0n) is 9.36. The first kappa shape index (κ1) is 10.6. The summed E-state index contributed by atoms with van der Waals surface area (Å²) in [6.45, 7) is 0.854. The van der Waals surface area contributed by atoms with Gasteiger partial charge < -0.3 is 4.74 Å². The van der Waals surface area contributed by atoms with E-state index in [1.165, 1.54) is 24.0 Å². The van der Waals surface area contributed by atoms with Crippen LogP contribution in [-0.4, -0.2) is 12.5 Å². The normalized spacial score (nSPS) is 29.6. The molecule has 86 valence electrons. The molecule has 2 heteroatoms. The van der Waals surface area contributed by atoms with Crippen LogP contribution in [0.1, 0.15) is 42.4 Å². The van der Waals surface area contributed by atoms with Gasteiger partial charge >= 0.3 is 0 Å². The van der Waals surface area contributed by atoms with Gasteiger partial charge in [0.15, 0.2) is 0 Å². The molecule has 0 bridgehead atoms. The molecule has 2 aliphatic rings. The van der Waals surface area contributed by atoms with E-state index in [2.05, 4.69) is 24.3 Å². The fourth-order valence-electron chi connectivity index (χ4n) is 2.53. The van der Waals surface area contributed by atoms with Gasteiger partial charge in [-0.25, -0.2) is 0 Å². The highest BCUT2D eigenvalue weighted by molar-refractivity contribution is 6.18. The molecule has 0 radical (unpaired) electrons. The fourth-order valence-corrected chi connectivity index (χ4v) is 2.85. The number of ether oxygens (including phenoxy) is 1. The van der Waals surface area contributed by atoms with Gasteiger partial charge in [0.05, 0.1) is 6.10 Å². The Morgan fingerprint density at radius 3 is 2.38 bits per heavy atom. The van der Waals surface area contributed by atoms with Gasteiger partial charge in [0, 0.05) is 18.4 Å². The molecule has 0 aromatic heterocycles. The summed E-state index contributed by atoms with van der Waals surface area (Å²) in [4.78, 5) is 0. The molecule has 1 saturated heterocycles. The molecule has 0 spiro atoms. The van der Waals surface area contributed by atoms with Crippen LogP contribution in [0.2, 0.25) is 0 Å². The Labute approximate surface area is 102 Å². The van der Waals surface area contributed by atoms with Gasteiger partial charge in [-0.15, -0.1) is 11.6 Å². The summed E-state index contributed by atoms with van der Waals surface area (Å²) < 4.78 is 5.77. The highest BCUT2D eigenvalue weighted by Crippen LogP contribution is 2.41. The zero-order valence-corrected chi connectivity index (χ0v) is 10.1. The molecule has 1 nitrogen and oxygen atoms in total. The zero-order chi connectivity index (χ0) is 11.0. The molecule has 16 heavy (non-hydrogen) atoms. The van der Waals surface area contributed by atoms with Crippen LogP contribution in [0.25, 0.3) is 0 Å². The molecular weight excluding hydrogens is 220 g/mol. The quantitative estimate of drug-likeness (QED) is 0.724. The van der Waals surface area contributed by atoms with Crippen molar-refractivity contribution in [2.24, 2.45) is 5.92 Å². The summed E-state index contributed by atoms with van der Waals surface area (Å²) in [5.41, 5.74) is 2.79. The average molecular weight is 237 g/mol. The standard InChI is InChI=1S/C14H17ClO/c15-9-13-7-8-16-14(13)12-5-3-11(4-6-12)10-1-2-10/h3-6,10,13-14H,1-2,7-9H2. The largest absolute Gasteiger partial charge is 0.373 e. The van der Waals surface area contributed by atoms with E-state index in [1.54, 1.807) is 0 Å². The summed E-state index contributed by atoms with van der Waals surface area (Å²) >= 11 is 5.96. The first-order chi connectivity index (χ1) is 7.88. The molecule has 1 heterocycles. The highest BCUT2D eigenvalue weighted by Gasteiger charge is 2.29. The van der Waals surface area contributed by atoms with Crippen LogP contribution in [-0.2, 0) is 4.74 Å². The Balaban J connectivity index is 1.77. The maximum atomic E-state index is 5.96. The van der Waals surface area contributed by atoms with Crippen LogP contribution in [0, 0.1) is 5.92 Å². The molecule has 2 unspecified atom stereocenters. The first-order valence-corrected chi connectivity index (χ1v) is 6.69. The van der Waals surface area contributed by atoms with E-state index in [4.69, 9.17) is 16.3 Å². The van der Waals surface area contributed by atoms with E-state index in [1.807, 2.05) is 0 Å². The third-order valence-corrected chi connectivity index (χ3v) is 4.12. The third kappa shape index (κ3) is 1.99. The highest BCUT2D eigenvalue weighted by atomic mass is 35.5. The van der Waals surface area contributed by atoms with Crippen LogP contribution in [0.15, 0.2) is 24.3 Å².